The monoisotopic (exact) mass is 301 g/mol. The van der Waals surface area contributed by atoms with Crippen LogP contribution in [0.3, 0.4) is 0 Å². The lowest BCUT2D eigenvalue weighted by molar-refractivity contribution is -0.128. The lowest BCUT2D eigenvalue weighted by atomic mass is 10.1. The molecule has 1 aromatic carbocycles. The molecule has 1 atom stereocenters. The summed E-state index contributed by atoms with van der Waals surface area (Å²) < 4.78 is 0. The number of hydrogen-bond donors (Lipinski definition) is 2. The molecule has 22 heavy (non-hydrogen) atoms. The van der Waals surface area contributed by atoms with Crippen LogP contribution in [0, 0.1) is 5.92 Å². The largest absolute Gasteiger partial charge is 0.352 e. The maximum atomic E-state index is 12.0. The van der Waals surface area contributed by atoms with Crippen LogP contribution in [0.5, 0.6) is 0 Å². The van der Waals surface area contributed by atoms with Crippen molar-refractivity contribution in [2.45, 2.75) is 32.4 Å². The number of amides is 2. The van der Waals surface area contributed by atoms with Crippen LogP contribution < -0.4 is 10.6 Å². The van der Waals surface area contributed by atoms with Gasteiger partial charge in [-0.15, -0.1) is 0 Å². The fourth-order valence-corrected chi connectivity index (χ4v) is 3.14. The van der Waals surface area contributed by atoms with Gasteiger partial charge in [-0.2, -0.15) is 0 Å². The van der Waals surface area contributed by atoms with Crippen LogP contribution in [-0.2, 0) is 22.7 Å². The summed E-state index contributed by atoms with van der Waals surface area (Å²) >= 11 is 0. The van der Waals surface area contributed by atoms with Crippen LogP contribution in [-0.4, -0.2) is 36.3 Å². The molecule has 2 aliphatic rings. The van der Waals surface area contributed by atoms with Gasteiger partial charge in [0.1, 0.15) is 0 Å². The summed E-state index contributed by atoms with van der Waals surface area (Å²) in [5, 5.41) is 6.22. The molecule has 0 radical (unpaired) electrons. The molecular weight excluding hydrogens is 278 g/mol. The Morgan fingerprint density at radius 2 is 2.23 bits per heavy atom. The molecule has 2 aliphatic heterocycles. The molecule has 1 aromatic rings. The van der Waals surface area contributed by atoms with Crippen molar-refractivity contribution < 1.29 is 9.59 Å². The fourth-order valence-electron chi connectivity index (χ4n) is 3.14. The van der Waals surface area contributed by atoms with Crippen molar-refractivity contribution in [1.29, 1.82) is 0 Å². The van der Waals surface area contributed by atoms with Gasteiger partial charge in [-0.1, -0.05) is 24.3 Å². The molecule has 2 amide bonds. The van der Waals surface area contributed by atoms with Crippen LogP contribution in [0.4, 0.5) is 0 Å². The van der Waals surface area contributed by atoms with E-state index in [1.54, 1.807) is 0 Å². The number of nitrogens with one attached hydrogen (secondary N) is 2. The van der Waals surface area contributed by atoms with Crippen molar-refractivity contribution in [1.82, 2.24) is 15.5 Å². The first-order chi connectivity index (χ1) is 10.7. The lowest BCUT2D eigenvalue weighted by Crippen LogP contribution is -2.31. The van der Waals surface area contributed by atoms with Gasteiger partial charge < -0.3 is 15.5 Å². The second kappa shape index (κ2) is 6.92. The minimum Gasteiger partial charge on any atom is -0.352 e. The Balaban J connectivity index is 1.54. The molecule has 118 valence electrons. The average molecular weight is 301 g/mol. The van der Waals surface area contributed by atoms with Gasteiger partial charge in [0.2, 0.25) is 11.8 Å². The summed E-state index contributed by atoms with van der Waals surface area (Å²) in [6.45, 7) is 3.79. The SMILES string of the molecule is O=C(NCc1cccc(CN2CCCC2=O)c1)C1CCNC1. The van der Waals surface area contributed by atoms with E-state index in [9.17, 15) is 9.59 Å². The molecule has 3 rings (SSSR count). The van der Waals surface area contributed by atoms with E-state index in [0.29, 0.717) is 19.5 Å². The van der Waals surface area contributed by atoms with Gasteiger partial charge in [0.25, 0.3) is 0 Å². The van der Waals surface area contributed by atoms with Crippen LogP contribution in [0.2, 0.25) is 0 Å². The highest BCUT2D eigenvalue weighted by molar-refractivity contribution is 5.79. The van der Waals surface area contributed by atoms with E-state index in [4.69, 9.17) is 0 Å². The molecule has 0 aromatic heterocycles. The summed E-state index contributed by atoms with van der Waals surface area (Å²) in [5.41, 5.74) is 2.22. The molecule has 0 spiro atoms. The Morgan fingerprint density at radius 3 is 2.95 bits per heavy atom. The van der Waals surface area contributed by atoms with Crippen molar-refractivity contribution in [3.05, 3.63) is 35.4 Å². The van der Waals surface area contributed by atoms with Crippen molar-refractivity contribution in [2.24, 2.45) is 5.92 Å². The molecule has 2 fully saturated rings. The highest BCUT2D eigenvalue weighted by atomic mass is 16.2. The first-order valence-electron chi connectivity index (χ1n) is 8.06. The molecule has 5 nitrogen and oxygen atoms in total. The van der Waals surface area contributed by atoms with Crippen LogP contribution in [0.1, 0.15) is 30.4 Å². The van der Waals surface area contributed by atoms with E-state index < -0.39 is 0 Å². The number of hydrogen-bond acceptors (Lipinski definition) is 3. The van der Waals surface area contributed by atoms with E-state index in [0.717, 1.165) is 43.6 Å². The standard InChI is InChI=1S/C17H23N3O2/c21-16-5-2-8-20(16)12-14-4-1-3-13(9-14)10-19-17(22)15-6-7-18-11-15/h1,3-4,9,15,18H,2,5-8,10-12H2,(H,19,22). The van der Waals surface area contributed by atoms with Crippen molar-refractivity contribution in [2.75, 3.05) is 19.6 Å². The third-order valence-electron chi connectivity index (χ3n) is 4.43. The summed E-state index contributed by atoms with van der Waals surface area (Å²) in [5.74, 6) is 0.475. The predicted octanol–water partition coefficient (Wildman–Crippen LogP) is 1.03. The van der Waals surface area contributed by atoms with E-state index in [1.807, 2.05) is 23.1 Å². The average Bonchev–Trinajstić information content (AvgIpc) is 3.18. The van der Waals surface area contributed by atoms with Crippen LogP contribution in [0.15, 0.2) is 24.3 Å². The van der Waals surface area contributed by atoms with Gasteiger partial charge in [0.05, 0.1) is 5.92 Å². The van der Waals surface area contributed by atoms with Crippen LogP contribution >= 0.6 is 0 Å². The van der Waals surface area contributed by atoms with Gasteiger partial charge in [0.15, 0.2) is 0 Å². The van der Waals surface area contributed by atoms with E-state index >= 15 is 0 Å². The Morgan fingerprint density at radius 1 is 1.36 bits per heavy atom. The van der Waals surface area contributed by atoms with Gasteiger partial charge in [-0.05, 0) is 30.5 Å². The van der Waals surface area contributed by atoms with E-state index in [2.05, 4.69) is 16.7 Å². The topological polar surface area (TPSA) is 61.4 Å². The molecule has 2 heterocycles. The van der Waals surface area contributed by atoms with Gasteiger partial charge >= 0.3 is 0 Å². The molecular formula is C17H23N3O2. The normalized spacial score (nSPS) is 21.4. The number of benzene rings is 1. The zero-order chi connectivity index (χ0) is 15.4. The minimum atomic E-state index is 0.102. The molecule has 5 heteroatoms. The van der Waals surface area contributed by atoms with Gasteiger partial charge in [-0.25, -0.2) is 0 Å². The first kappa shape index (κ1) is 15.0. The summed E-state index contributed by atoms with van der Waals surface area (Å²) in [7, 11) is 0. The summed E-state index contributed by atoms with van der Waals surface area (Å²) in [6, 6.07) is 8.13. The molecule has 0 aliphatic carbocycles. The number of carbonyl (C=O) groups excluding carboxylic acids is 2. The maximum absolute atomic E-state index is 12.0. The van der Waals surface area contributed by atoms with Crippen LogP contribution in [0.25, 0.3) is 0 Å². The molecule has 0 saturated carbocycles. The van der Waals surface area contributed by atoms with Crippen molar-refractivity contribution in [3.8, 4) is 0 Å². The second-order valence-electron chi connectivity index (χ2n) is 6.15. The first-order valence-corrected chi connectivity index (χ1v) is 8.06. The Kier molecular flexibility index (Phi) is 4.73. The molecule has 2 N–H and O–H groups in total. The number of carbonyl (C=O) groups is 2. The second-order valence-corrected chi connectivity index (χ2v) is 6.15. The number of likely N-dealkylation sites (tertiary alicyclic amines) is 1. The Bertz CT molecular complexity index is 553. The Hall–Kier alpha value is -1.88. The zero-order valence-electron chi connectivity index (χ0n) is 12.8. The number of rotatable bonds is 5. The summed E-state index contributed by atoms with van der Waals surface area (Å²) in [4.78, 5) is 25.6. The highest BCUT2D eigenvalue weighted by Gasteiger charge is 2.22. The zero-order valence-corrected chi connectivity index (χ0v) is 12.8. The molecule has 2 saturated heterocycles. The quantitative estimate of drug-likeness (QED) is 0.854. The highest BCUT2D eigenvalue weighted by Crippen LogP contribution is 2.15. The van der Waals surface area contributed by atoms with Gasteiger partial charge in [0, 0.05) is 32.6 Å². The fraction of sp³-hybridized carbons (Fsp3) is 0.529. The lowest BCUT2D eigenvalue weighted by Gasteiger charge is -2.16. The van der Waals surface area contributed by atoms with Gasteiger partial charge in [-0.3, -0.25) is 9.59 Å². The minimum absolute atomic E-state index is 0.102. The summed E-state index contributed by atoms with van der Waals surface area (Å²) in [6.07, 6.45) is 2.55. The molecule has 0 bridgehead atoms. The predicted molar refractivity (Wildman–Crippen MR) is 83.9 cm³/mol. The third kappa shape index (κ3) is 3.65. The number of nitrogens with zero attached hydrogens (tertiary/aromatic N) is 1. The van der Waals surface area contributed by atoms with E-state index in [1.165, 1.54) is 0 Å². The van der Waals surface area contributed by atoms with Crippen molar-refractivity contribution >= 4 is 11.8 Å². The molecule has 1 unspecified atom stereocenters. The van der Waals surface area contributed by atoms with Crippen molar-refractivity contribution in [3.63, 3.8) is 0 Å². The maximum Gasteiger partial charge on any atom is 0.224 e. The Labute approximate surface area is 131 Å². The third-order valence-corrected chi connectivity index (χ3v) is 4.43. The van der Waals surface area contributed by atoms with E-state index in [-0.39, 0.29) is 17.7 Å². The smallest absolute Gasteiger partial charge is 0.224 e.